The van der Waals surface area contributed by atoms with Crippen molar-refractivity contribution in [3.63, 3.8) is 0 Å². The third-order valence-corrected chi connectivity index (χ3v) is 5.52. The first-order chi connectivity index (χ1) is 16.3. The fourth-order valence-electron chi connectivity index (χ4n) is 3.59. The van der Waals surface area contributed by atoms with Crippen molar-refractivity contribution in [1.82, 2.24) is 10.3 Å². The van der Waals surface area contributed by atoms with E-state index in [4.69, 9.17) is 21.1 Å². The zero-order valence-corrected chi connectivity index (χ0v) is 20.3. The lowest BCUT2D eigenvalue weighted by atomic mass is 9.93. The van der Waals surface area contributed by atoms with E-state index in [0.29, 0.717) is 31.4 Å². The molecule has 0 unspecified atom stereocenters. The van der Waals surface area contributed by atoms with Crippen LogP contribution in [0.5, 0.6) is 5.75 Å². The van der Waals surface area contributed by atoms with Crippen LogP contribution in [0.4, 0.5) is 23.7 Å². The monoisotopic (exact) mass is 513 g/mol. The first kappa shape index (κ1) is 26.6. The van der Waals surface area contributed by atoms with E-state index < -0.39 is 34.4 Å². The number of urea groups is 1. The van der Waals surface area contributed by atoms with Crippen molar-refractivity contribution >= 4 is 29.3 Å². The van der Waals surface area contributed by atoms with Gasteiger partial charge in [0, 0.05) is 11.7 Å². The normalized spacial score (nSPS) is 18.5. The van der Waals surface area contributed by atoms with Gasteiger partial charge in [-0.2, -0.15) is 13.2 Å². The Morgan fingerprint density at radius 1 is 1.06 bits per heavy atom. The van der Waals surface area contributed by atoms with E-state index in [1.807, 2.05) is 0 Å². The molecule has 0 spiro atoms. The number of esters is 1. The highest BCUT2D eigenvalue weighted by molar-refractivity contribution is 6.31. The van der Waals surface area contributed by atoms with Crippen molar-refractivity contribution in [2.75, 3.05) is 5.32 Å². The summed E-state index contributed by atoms with van der Waals surface area (Å²) in [6.45, 7) is 5.33. The van der Waals surface area contributed by atoms with Crippen molar-refractivity contribution in [3.8, 4) is 5.75 Å². The van der Waals surface area contributed by atoms with Crippen molar-refractivity contribution in [2.24, 2.45) is 0 Å². The molecule has 1 aliphatic rings. The fourth-order valence-corrected chi connectivity index (χ4v) is 3.82. The largest absolute Gasteiger partial charge is 0.489 e. The van der Waals surface area contributed by atoms with Gasteiger partial charge in [0.2, 0.25) is 0 Å². The Balaban J connectivity index is 1.45. The standard InChI is InChI=1S/C24H27ClF3N3O4/c1-23(2,3)35-21(32)20-11-9-17(13-29-20)34-16-7-4-14(5-8-16)30-22(33)31-15-6-10-19(25)18(12-15)24(26,27)28/h6,9-14,16H,4-5,7-8H2,1-3H3,(H2,30,31,33). The van der Waals surface area contributed by atoms with Crippen molar-refractivity contribution in [3.05, 3.63) is 52.8 Å². The number of aromatic nitrogens is 1. The minimum atomic E-state index is -4.62. The number of amides is 2. The molecule has 3 rings (SSSR count). The SMILES string of the molecule is CC(C)(C)OC(=O)c1ccc(OC2CCC(NC(=O)Nc3ccc(Cl)c(C(F)(F)F)c3)CC2)cn1. The molecule has 1 fully saturated rings. The molecule has 2 aromatic rings. The van der Waals surface area contributed by atoms with Crippen LogP contribution < -0.4 is 15.4 Å². The minimum absolute atomic E-state index is 0.00132. The second-order valence-corrected chi connectivity index (χ2v) is 9.67. The molecule has 35 heavy (non-hydrogen) atoms. The molecule has 1 aliphatic carbocycles. The highest BCUT2D eigenvalue weighted by Crippen LogP contribution is 2.36. The molecule has 11 heteroatoms. The average Bonchev–Trinajstić information content (AvgIpc) is 2.75. The van der Waals surface area contributed by atoms with Gasteiger partial charge in [0.25, 0.3) is 0 Å². The van der Waals surface area contributed by atoms with E-state index >= 15 is 0 Å². The number of carbonyl (C=O) groups is 2. The first-order valence-corrected chi connectivity index (χ1v) is 11.5. The second-order valence-electron chi connectivity index (χ2n) is 9.26. The number of halogens is 4. The smallest absolute Gasteiger partial charge is 0.417 e. The number of hydrogen-bond acceptors (Lipinski definition) is 5. The number of benzene rings is 1. The van der Waals surface area contributed by atoms with Crippen molar-refractivity contribution < 1.29 is 32.2 Å². The van der Waals surface area contributed by atoms with E-state index in [0.717, 1.165) is 12.1 Å². The molecule has 2 N–H and O–H groups in total. The lowest BCUT2D eigenvalue weighted by molar-refractivity contribution is -0.137. The van der Waals surface area contributed by atoms with Crippen LogP contribution in [0.1, 0.15) is 62.5 Å². The molecule has 0 aliphatic heterocycles. The molecule has 190 valence electrons. The van der Waals surface area contributed by atoms with E-state index in [1.54, 1.807) is 32.9 Å². The molecule has 1 aromatic carbocycles. The summed E-state index contributed by atoms with van der Waals surface area (Å²) in [4.78, 5) is 28.4. The van der Waals surface area contributed by atoms with Gasteiger partial charge in [0.05, 0.1) is 22.9 Å². The lowest BCUT2D eigenvalue weighted by Gasteiger charge is -2.29. The van der Waals surface area contributed by atoms with E-state index in [2.05, 4.69) is 15.6 Å². The van der Waals surface area contributed by atoms with Crippen LogP contribution in [-0.2, 0) is 10.9 Å². The molecule has 0 bridgehead atoms. The summed E-state index contributed by atoms with van der Waals surface area (Å²) >= 11 is 5.60. The number of pyridine rings is 1. The molecule has 1 saturated carbocycles. The molecule has 1 aromatic heterocycles. The fraction of sp³-hybridized carbons (Fsp3) is 0.458. The molecule has 0 atom stereocenters. The Morgan fingerprint density at radius 2 is 1.74 bits per heavy atom. The number of anilines is 1. The zero-order valence-electron chi connectivity index (χ0n) is 19.5. The molecular formula is C24H27ClF3N3O4. The van der Waals surface area contributed by atoms with Crippen LogP contribution in [-0.4, -0.2) is 34.7 Å². The van der Waals surface area contributed by atoms with Gasteiger partial charge >= 0.3 is 18.2 Å². The topological polar surface area (TPSA) is 89.5 Å². The van der Waals surface area contributed by atoms with E-state index in [1.165, 1.54) is 12.3 Å². The average molecular weight is 514 g/mol. The Hall–Kier alpha value is -3.01. The van der Waals surface area contributed by atoms with Crippen LogP contribution in [0.3, 0.4) is 0 Å². The summed E-state index contributed by atoms with van der Waals surface area (Å²) in [5.74, 6) is 0.0109. The predicted octanol–water partition coefficient (Wildman–Crippen LogP) is 6.22. The molecule has 0 radical (unpaired) electrons. The lowest BCUT2D eigenvalue weighted by Crippen LogP contribution is -2.41. The summed E-state index contributed by atoms with van der Waals surface area (Å²) < 4.78 is 50.2. The molecule has 2 amide bonds. The number of ether oxygens (including phenoxy) is 2. The van der Waals surface area contributed by atoms with Crippen LogP contribution in [0.25, 0.3) is 0 Å². The number of alkyl halides is 3. The number of rotatable bonds is 5. The van der Waals surface area contributed by atoms with Gasteiger partial charge < -0.3 is 20.1 Å². The maximum atomic E-state index is 13.0. The summed E-state index contributed by atoms with van der Waals surface area (Å²) in [5, 5.41) is 4.77. The summed E-state index contributed by atoms with van der Waals surface area (Å²) in [6.07, 6.45) is -0.633. The van der Waals surface area contributed by atoms with Crippen LogP contribution >= 0.6 is 11.6 Å². The maximum absolute atomic E-state index is 13.0. The molecule has 0 saturated heterocycles. The van der Waals surface area contributed by atoms with Crippen LogP contribution in [0.15, 0.2) is 36.5 Å². The second kappa shape index (κ2) is 10.7. The third-order valence-electron chi connectivity index (χ3n) is 5.19. The Bertz CT molecular complexity index is 1050. The van der Waals surface area contributed by atoms with Gasteiger partial charge in [-0.05, 0) is 76.8 Å². The van der Waals surface area contributed by atoms with Crippen molar-refractivity contribution in [2.45, 2.75) is 70.4 Å². The van der Waals surface area contributed by atoms with E-state index in [-0.39, 0.29) is 23.5 Å². The predicted molar refractivity (Wildman–Crippen MR) is 125 cm³/mol. The molecule has 7 nitrogen and oxygen atoms in total. The van der Waals surface area contributed by atoms with Gasteiger partial charge in [-0.3, -0.25) is 0 Å². The minimum Gasteiger partial charge on any atom is -0.489 e. The van der Waals surface area contributed by atoms with Crippen LogP contribution in [0, 0.1) is 0 Å². The third kappa shape index (κ3) is 8.02. The van der Waals surface area contributed by atoms with Gasteiger partial charge in [-0.1, -0.05) is 11.6 Å². The quantitative estimate of drug-likeness (QED) is 0.463. The van der Waals surface area contributed by atoms with Crippen molar-refractivity contribution in [1.29, 1.82) is 0 Å². The summed E-state index contributed by atoms with van der Waals surface area (Å²) in [5.41, 5.74) is -1.44. The summed E-state index contributed by atoms with van der Waals surface area (Å²) in [6, 6.07) is 5.67. The number of nitrogens with zero attached hydrogens (tertiary/aromatic N) is 1. The van der Waals surface area contributed by atoms with Gasteiger partial charge in [0.15, 0.2) is 0 Å². The zero-order chi connectivity index (χ0) is 25.8. The summed E-state index contributed by atoms with van der Waals surface area (Å²) in [7, 11) is 0. The number of carbonyl (C=O) groups excluding carboxylic acids is 2. The Kier molecular flexibility index (Phi) is 8.15. The molecular weight excluding hydrogens is 487 g/mol. The highest BCUT2D eigenvalue weighted by atomic mass is 35.5. The van der Waals surface area contributed by atoms with E-state index in [9.17, 15) is 22.8 Å². The first-order valence-electron chi connectivity index (χ1n) is 11.1. The number of nitrogens with one attached hydrogen (secondary N) is 2. The Labute approximate surface area is 206 Å². The van der Waals surface area contributed by atoms with Gasteiger partial charge in [-0.25, -0.2) is 14.6 Å². The van der Waals surface area contributed by atoms with Gasteiger partial charge in [-0.15, -0.1) is 0 Å². The number of hydrogen-bond donors (Lipinski definition) is 2. The maximum Gasteiger partial charge on any atom is 0.417 e. The highest BCUT2D eigenvalue weighted by Gasteiger charge is 2.33. The van der Waals surface area contributed by atoms with Gasteiger partial charge in [0.1, 0.15) is 17.0 Å². The molecule has 1 heterocycles. The van der Waals surface area contributed by atoms with Crippen LogP contribution in [0.2, 0.25) is 5.02 Å². The Morgan fingerprint density at radius 3 is 2.31 bits per heavy atom.